The minimum atomic E-state index is -3.48. The monoisotopic (exact) mass is 318 g/mol. The van der Waals surface area contributed by atoms with E-state index in [1.807, 2.05) is 32.9 Å². The van der Waals surface area contributed by atoms with Gasteiger partial charge in [-0.15, -0.1) is 12.4 Å². The molecule has 1 fully saturated rings. The van der Waals surface area contributed by atoms with E-state index in [-0.39, 0.29) is 18.4 Å². The zero-order valence-electron chi connectivity index (χ0n) is 12.1. The Morgan fingerprint density at radius 3 is 2.15 bits per heavy atom. The molecule has 1 saturated carbocycles. The van der Waals surface area contributed by atoms with Gasteiger partial charge in [-0.25, -0.2) is 13.1 Å². The first kappa shape index (κ1) is 17.4. The number of hydrogen-bond acceptors (Lipinski definition) is 3. The number of nitrogens with two attached hydrogens (primary N) is 1. The third-order valence-electron chi connectivity index (χ3n) is 3.62. The SMILES string of the molecule is Cc1cc(C)c(S(=O)(=O)NC(CN)C2CC2)c(C)c1.Cl. The molecule has 0 spiro atoms. The van der Waals surface area contributed by atoms with Crippen molar-refractivity contribution in [3.05, 3.63) is 28.8 Å². The zero-order valence-corrected chi connectivity index (χ0v) is 13.8. The lowest BCUT2D eigenvalue weighted by Gasteiger charge is -2.19. The van der Waals surface area contributed by atoms with Crippen LogP contribution >= 0.6 is 12.4 Å². The van der Waals surface area contributed by atoms with Crippen molar-refractivity contribution in [3.63, 3.8) is 0 Å². The molecule has 0 heterocycles. The van der Waals surface area contributed by atoms with Crippen molar-refractivity contribution in [1.29, 1.82) is 0 Å². The van der Waals surface area contributed by atoms with Gasteiger partial charge in [0.1, 0.15) is 0 Å². The molecule has 0 aromatic heterocycles. The van der Waals surface area contributed by atoms with Crippen molar-refractivity contribution >= 4 is 22.4 Å². The maximum atomic E-state index is 12.5. The highest BCUT2D eigenvalue weighted by Crippen LogP contribution is 2.33. The van der Waals surface area contributed by atoms with Gasteiger partial charge in [-0.05, 0) is 50.7 Å². The number of rotatable bonds is 5. The molecule has 0 bridgehead atoms. The number of halogens is 1. The average Bonchev–Trinajstić information content (AvgIpc) is 3.07. The molecular formula is C14H23ClN2O2S. The topological polar surface area (TPSA) is 72.2 Å². The number of hydrogen-bond donors (Lipinski definition) is 2. The third-order valence-corrected chi connectivity index (χ3v) is 5.42. The van der Waals surface area contributed by atoms with E-state index in [0.717, 1.165) is 29.5 Å². The largest absolute Gasteiger partial charge is 0.329 e. The van der Waals surface area contributed by atoms with E-state index in [4.69, 9.17) is 5.73 Å². The van der Waals surface area contributed by atoms with Gasteiger partial charge in [0.2, 0.25) is 10.0 Å². The Labute approximate surface area is 127 Å². The van der Waals surface area contributed by atoms with Crippen LogP contribution in [0.15, 0.2) is 17.0 Å². The summed E-state index contributed by atoms with van der Waals surface area (Å²) in [6.45, 7) is 6.00. The Bertz CT molecular complexity index is 560. The van der Waals surface area contributed by atoms with Gasteiger partial charge in [0.05, 0.1) is 4.90 Å². The molecule has 4 nitrogen and oxygen atoms in total. The van der Waals surface area contributed by atoms with Gasteiger partial charge >= 0.3 is 0 Å². The lowest BCUT2D eigenvalue weighted by atomic mass is 10.1. The lowest BCUT2D eigenvalue weighted by Crippen LogP contribution is -2.42. The first-order valence-corrected chi connectivity index (χ1v) is 8.13. The predicted molar refractivity (Wildman–Crippen MR) is 83.8 cm³/mol. The average molecular weight is 319 g/mol. The van der Waals surface area contributed by atoms with Crippen molar-refractivity contribution in [3.8, 4) is 0 Å². The Kier molecular flexibility index (Phi) is 5.61. The molecule has 1 aromatic carbocycles. The van der Waals surface area contributed by atoms with E-state index in [0.29, 0.717) is 17.4 Å². The van der Waals surface area contributed by atoms with Crippen molar-refractivity contribution in [2.45, 2.75) is 44.6 Å². The Morgan fingerprint density at radius 2 is 1.75 bits per heavy atom. The number of aryl methyl sites for hydroxylation is 3. The number of sulfonamides is 1. The minimum absolute atomic E-state index is 0. The van der Waals surface area contributed by atoms with Gasteiger partial charge in [0.25, 0.3) is 0 Å². The summed E-state index contributed by atoms with van der Waals surface area (Å²) in [7, 11) is -3.48. The standard InChI is InChI=1S/C14H22N2O2S.ClH/c1-9-6-10(2)14(11(3)7-9)19(17,18)16-13(8-15)12-4-5-12;/h6-7,12-13,16H,4-5,8,15H2,1-3H3;1H. The molecule has 3 N–H and O–H groups in total. The van der Waals surface area contributed by atoms with Crippen LogP contribution in [0.25, 0.3) is 0 Å². The molecule has 1 aromatic rings. The molecule has 0 amide bonds. The summed E-state index contributed by atoms with van der Waals surface area (Å²) in [6.07, 6.45) is 2.13. The van der Waals surface area contributed by atoms with Crippen molar-refractivity contribution < 1.29 is 8.42 Å². The maximum Gasteiger partial charge on any atom is 0.241 e. The van der Waals surface area contributed by atoms with Crippen LogP contribution in [0.3, 0.4) is 0 Å². The quantitative estimate of drug-likeness (QED) is 0.872. The molecule has 20 heavy (non-hydrogen) atoms. The normalized spacial score (nSPS) is 16.6. The molecule has 1 aliphatic carbocycles. The molecule has 1 atom stereocenters. The van der Waals surface area contributed by atoms with E-state index in [1.165, 1.54) is 0 Å². The smallest absolute Gasteiger partial charge is 0.241 e. The van der Waals surface area contributed by atoms with Crippen molar-refractivity contribution in [2.75, 3.05) is 6.54 Å². The zero-order chi connectivity index (χ0) is 14.2. The summed E-state index contributed by atoms with van der Waals surface area (Å²) in [5, 5.41) is 0. The Balaban J connectivity index is 0.00000200. The molecular weight excluding hydrogens is 296 g/mol. The first-order valence-electron chi connectivity index (χ1n) is 6.65. The second-order valence-electron chi connectivity index (χ2n) is 5.53. The molecule has 1 unspecified atom stereocenters. The van der Waals surface area contributed by atoms with Crippen molar-refractivity contribution in [1.82, 2.24) is 4.72 Å². The van der Waals surface area contributed by atoms with E-state index >= 15 is 0 Å². The summed E-state index contributed by atoms with van der Waals surface area (Å²) in [6, 6.07) is 3.66. The summed E-state index contributed by atoms with van der Waals surface area (Å²) in [4.78, 5) is 0.400. The van der Waals surface area contributed by atoms with Crippen LogP contribution in [0, 0.1) is 26.7 Å². The van der Waals surface area contributed by atoms with E-state index < -0.39 is 10.0 Å². The summed E-state index contributed by atoms with van der Waals surface area (Å²) in [5.74, 6) is 0.408. The minimum Gasteiger partial charge on any atom is -0.329 e. The highest BCUT2D eigenvalue weighted by atomic mass is 35.5. The van der Waals surface area contributed by atoms with Crippen LogP contribution in [0.2, 0.25) is 0 Å². The predicted octanol–water partition coefficient (Wildman–Crippen LogP) is 2.05. The lowest BCUT2D eigenvalue weighted by molar-refractivity contribution is 0.518. The second kappa shape index (κ2) is 6.43. The van der Waals surface area contributed by atoms with Crippen LogP contribution in [0.1, 0.15) is 29.5 Å². The second-order valence-corrected chi connectivity index (χ2v) is 7.18. The fourth-order valence-corrected chi connectivity index (χ4v) is 4.45. The number of nitrogens with one attached hydrogen (secondary N) is 1. The summed E-state index contributed by atoms with van der Waals surface area (Å²) >= 11 is 0. The molecule has 114 valence electrons. The maximum absolute atomic E-state index is 12.5. The summed E-state index contributed by atoms with van der Waals surface area (Å²) < 4.78 is 27.8. The number of benzene rings is 1. The van der Waals surface area contributed by atoms with Crippen LogP contribution in [-0.2, 0) is 10.0 Å². The molecule has 0 radical (unpaired) electrons. The van der Waals surface area contributed by atoms with Crippen LogP contribution in [-0.4, -0.2) is 21.0 Å². The Hall–Kier alpha value is -0.620. The highest BCUT2D eigenvalue weighted by molar-refractivity contribution is 7.89. The van der Waals surface area contributed by atoms with E-state index in [9.17, 15) is 8.42 Å². The Morgan fingerprint density at radius 1 is 1.25 bits per heavy atom. The van der Waals surface area contributed by atoms with Crippen molar-refractivity contribution in [2.24, 2.45) is 11.7 Å². The van der Waals surface area contributed by atoms with Crippen LogP contribution < -0.4 is 10.5 Å². The summed E-state index contributed by atoms with van der Waals surface area (Å²) in [5.41, 5.74) is 8.32. The first-order chi connectivity index (χ1) is 8.85. The van der Waals surface area contributed by atoms with Gasteiger partial charge in [-0.1, -0.05) is 17.7 Å². The van der Waals surface area contributed by atoms with E-state index in [2.05, 4.69) is 4.72 Å². The molecule has 0 saturated heterocycles. The molecule has 6 heteroatoms. The van der Waals surface area contributed by atoms with Gasteiger partial charge < -0.3 is 5.73 Å². The molecule has 0 aliphatic heterocycles. The fourth-order valence-electron chi connectivity index (χ4n) is 2.68. The van der Waals surface area contributed by atoms with Gasteiger partial charge in [0, 0.05) is 12.6 Å². The molecule has 2 rings (SSSR count). The van der Waals surface area contributed by atoms with Gasteiger partial charge in [-0.2, -0.15) is 0 Å². The van der Waals surface area contributed by atoms with Gasteiger partial charge in [-0.3, -0.25) is 0 Å². The van der Waals surface area contributed by atoms with Crippen LogP contribution in [0.5, 0.6) is 0 Å². The molecule has 1 aliphatic rings. The van der Waals surface area contributed by atoms with E-state index in [1.54, 1.807) is 0 Å². The third kappa shape index (κ3) is 3.73. The fraction of sp³-hybridized carbons (Fsp3) is 0.571. The highest BCUT2D eigenvalue weighted by Gasteiger charge is 2.34. The van der Waals surface area contributed by atoms with Gasteiger partial charge in [0.15, 0.2) is 0 Å². The van der Waals surface area contributed by atoms with Crippen LogP contribution in [0.4, 0.5) is 0 Å².